The zero-order chi connectivity index (χ0) is 12.4. The van der Waals surface area contributed by atoms with E-state index < -0.39 is 36.2 Å². The van der Waals surface area contributed by atoms with Crippen LogP contribution in [0.3, 0.4) is 0 Å². The van der Waals surface area contributed by atoms with E-state index in [1.165, 1.54) is 0 Å². The molecule has 6 heteroatoms. The fraction of sp³-hybridized carbons (Fsp3) is 0.400. The molecule has 16 heavy (non-hydrogen) atoms. The molecule has 0 heterocycles. The standard InChI is InChI=1S/C10H10F5N/c11-8-3-1-2-7(6-8)9(12,4-5-16)10(13,14)15/h1-3,6H,4-5,16H2. The van der Waals surface area contributed by atoms with Gasteiger partial charge in [0, 0.05) is 12.0 Å². The molecule has 1 aromatic rings. The van der Waals surface area contributed by atoms with Gasteiger partial charge in [-0.2, -0.15) is 13.2 Å². The van der Waals surface area contributed by atoms with Crippen LogP contribution in [0.2, 0.25) is 0 Å². The summed E-state index contributed by atoms with van der Waals surface area (Å²) in [5, 5.41) is 0. The molecule has 0 saturated carbocycles. The van der Waals surface area contributed by atoms with E-state index in [1.54, 1.807) is 0 Å². The lowest BCUT2D eigenvalue weighted by atomic mass is 9.91. The maximum Gasteiger partial charge on any atom is 0.426 e. The van der Waals surface area contributed by atoms with Crippen molar-refractivity contribution in [3.05, 3.63) is 35.6 Å². The van der Waals surface area contributed by atoms with Crippen LogP contribution >= 0.6 is 0 Å². The second-order valence-electron chi connectivity index (χ2n) is 3.35. The van der Waals surface area contributed by atoms with Gasteiger partial charge in [0.05, 0.1) is 0 Å². The fourth-order valence-electron chi connectivity index (χ4n) is 1.38. The molecule has 0 amide bonds. The zero-order valence-corrected chi connectivity index (χ0v) is 8.19. The van der Waals surface area contributed by atoms with E-state index in [0.29, 0.717) is 6.07 Å². The Morgan fingerprint density at radius 2 is 1.75 bits per heavy atom. The number of benzene rings is 1. The Morgan fingerprint density at radius 3 is 2.19 bits per heavy atom. The normalized spacial score (nSPS) is 15.9. The molecule has 1 rings (SSSR count). The van der Waals surface area contributed by atoms with Crippen LogP contribution in [0.1, 0.15) is 12.0 Å². The van der Waals surface area contributed by atoms with Gasteiger partial charge in [-0.25, -0.2) is 8.78 Å². The molecule has 1 nitrogen and oxygen atoms in total. The topological polar surface area (TPSA) is 26.0 Å². The first-order chi connectivity index (χ1) is 7.31. The van der Waals surface area contributed by atoms with Crippen LogP contribution in [-0.4, -0.2) is 12.7 Å². The first kappa shape index (κ1) is 12.9. The van der Waals surface area contributed by atoms with Gasteiger partial charge in [-0.15, -0.1) is 0 Å². The van der Waals surface area contributed by atoms with Gasteiger partial charge in [0.1, 0.15) is 5.82 Å². The Balaban J connectivity index is 3.21. The number of nitrogens with two attached hydrogens (primary N) is 1. The first-order valence-electron chi connectivity index (χ1n) is 4.53. The van der Waals surface area contributed by atoms with Crippen molar-refractivity contribution in [1.82, 2.24) is 0 Å². The van der Waals surface area contributed by atoms with Gasteiger partial charge < -0.3 is 5.73 Å². The molecule has 1 aromatic carbocycles. The van der Waals surface area contributed by atoms with Crippen molar-refractivity contribution in [2.75, 3.05) is 6.54 Å². The Bertz CT molecular complexity index is 362. The molecular formula is C10H10F5N. The van der Waals surface area contributed by atoms with Gasteiger partial charge in [0.15, 0.2) is 0 Å². The van der Waals surface area contributed by atoms with Crippen LogP contribution in [-0.2, 0) is 5.67 Å². The van der Waals surface area contributed by atoms with E-state index in [0.717, 1.165) is 18.2 Å². The summed E-state index contributed by atoms with van der Waals surface area (Å²) in [7, 11) is 0. The Hall–Kier alpha value is -1.17. The predicted octanol–water partition coefficient (Wildman–Crippen LogP) is 2.90. The fourth-order valence-corrected chi connectivity index (χ4v) is 1.38. The average molecular weight is 239 g/mol. The number of alkyl halides is 4. The molecular weight excluding hydrogens is 229 g/mol. The van der Waals surface area contributed by atoms with Gasteiger partial charge in [-0.05, 0) is 18.7 Å². The van der Waals surface area contributed by atoms with Crippen LogP contribution in [0.25, 0.3) is 0 Å². The molecule has 0 aromatic heterocycles. The van der Waals surface area contributed by atoms with Crippen LogP contribution in [0.5, 0.6) is 0 Å². The van der Waals surface area contributed by atoms with Gasteiger partial charge in [0.25, 0.3) is 0 Å². The molecule has 0 bridgehead atoms. The molecule has 0 aliphatic heterocycles. The van der Waals surface area contributed by atoms with Crippen LogP contribution < -0.4 is 5.73 Å². The van der Waals surface area contributed by atoms with Crippen molar-refractivity contribution in [1.29, 1.82) is 0 Å². The second kappa shape index (κ2) is 4.37. The van der Waals surface area contributed by atoms with E-state index in [1.807, 2.05) is 0 Å². The maximum atomic E-state index is 13.8. The maximum absolute atomic E-state index is 13.8. The van der Waals surface area contributed by atoms with Crippen LogP contribution in [0.15, 0.2) is 24.3 Å². The molecule has 0 aliphatic rings. The molecule has 90 valence electrons. The van der Waals surface area contributed by atoms with E-state index in [9.17, 15) is 22.0 Å². The largest absolute Gasteiger partial charge is 0.426 e. The third-order valence-corrected chi connectivity index (χ3v) is 2.22. The average Bonchev–Trinajstić information content (AvgIpc) is 2.16. The van der Waals surface area contributed by atoms with E-state index >= 15 is 0 Å². The molecule has 0 aliphatic carbocycles. The summed E-state index contributed by atoms with van der Waals surface area (Å²) in [6.07, 6.45) is -6.04. The Labute approximate surface area is 89.1 Å². The van der Waals surface area contributed by atoms with Crippen molar-refractivity contribution in [3.8, 4) is 0 Å². The van der Waals surface area contributed by atoms with Gasteiger partial charge >= 0.3 is 6.18 Å². The molecule has 1 unspecified atom stereocenters. The zero-order valence-electron chi connectivity index (χ0n) is 8.19. The summed E-state index contributed by atoms with van der Waals surface area (Å²) >= 11 is 0. The third kappa shape index (κ3) is 2.32. The molecule has 0 spiro atoms. The van der Waals surface area contributed by atoms with E-state index in [2.05, 4.69) is 0 Å². The highest BCUT2D eigenvalue weighted by atomic mass is 19.4. The van der Waals surface area contributed by atoms with E-state index in [-0.39, 0.29) is 0 Å². The quantitative estimate of drug-likeness (QED) is 0.806. The highest BCUT2D eigenvalue weighted by Crippen LogP contribution is 2.44. The number of hydrogen-bond donors (Lipinski definition) is 1. The summed E-state index contributed by atoms with van der Waals surface area (Å²) in [5.74, 6) is -0.916. The van der Waals surface area contributed by atoms with Crippen molar-refractivity contribution < 1.29 is 22.0 Å². The molecule has 0 saturated heterocycles. The Kier molecular flexibility index (Phi) is 3.52. The lowest BCUT2D eigenvalue weighted by molar-refractivity contribution is -0.237. The van der Waals surface area contributed by atoms with E-state index in [4.69, 9.17) is 5.73 Å². The lowest BCUT2D eigenvalue weighted by Crippen LogP contribution is -2.40. The van der Waals surface area contributed by atoms with Crippen LogP contribution in [0, 0.1) is 5.82 Å². The molecule has 0 radical (unpaired) electrons. The Morgan fingerprint density at radius 1 is 1.12 bits per heavy atom. The smallest absolute Gasteiger partial charge is 0.330 e. The summed E-state index contributed by atoms with van der Waals surface area (Å²) in [4.78, 5) is 0. The minimum atomic E-state index is -5.11. The minimum absolute atomic E-state index is 0.480. The number of rotatable bonds is 3. The third-order valence-electron chi connectivity index (χ3n) is 2.22. The van der Waals surface area contributed by atoms with Crippen molar-refractivity contribution in [3.63, 3.8) is 0 Å². The number of halogens is 5. The molecule has 1 atom stereocenters. The highest BCUT2D eigenvalue weighted by Gasteiger charge is 2.56. The van der Waals surface area contributed by atoms with Crippen molar-refractivity contribution >= 4 is 0 Å². The first-order valence-corrected chi connectivity index (χ1v) is 4.53. The monoisotopic (exact) mass is 239 g/mol. The predicted molar refractivity (Wildman–Crippen MR) is 48.9 cm³/mol. The van der Waals surface area contributed by atoms with Crippen LogP contribution in [0.4, 0.5) is 22.0 Å². The van der Waals surface area contributed by atoms with Gasteiger partial charge in [-0.1, -0.05) is 12.1 Å². The summed E-state index contributed by atoms with van der Waals surface area (Å²) in [5.41, 5.74) is 0.601. The van der Waals surface area contributed by atoms with Gasteiger partial charge in [0.2, 0.25) is 5.67 Å². The summed E-state index contributed by atoms with van der Waals surface area (Å²) in [6, 6.07) is 3.40. The summed E-state index contributed by atoms with van der Waals surface area (Å²) in [6.45, 7) is -0.480. The van der Waals surface area contributed by atoms with Crippen molar-refractivity contribution in [2.45, 2.75) is 18.3 Å². The lowest BCUT2D eigenvalue weighted by Gasteiger charge is -2.27. The van der Waals surface area contributed by atoms with Crippen molar-refractivity contribution in [2.24, 2.45) is 5.73 Å². The van der Waals surface area contributed by atoms with Gasteiger partial charge in [-0.3, -0.25) is 0 Å². The highest BCUT2D eigenvalue weighted by molar-refractivity contribution is 5.25. The summed E-state index contributed by atoms with van der Waals surface area (Å²) < 4.78 is 64.3. The second-order valence-corrected chi connectivity index (χ2v) is 3.35. The SMILES string of the molecule is NCCC(F)(c1cccc(F)c1)C(F)(F)F. The molecule has 0 fully saturated rings. The number of hydrogen-bond acceptors (Lipinski definition) is 1. The molecule has 2 N–H and O–H groups in total. The minimum Gasteiger partial charge on any atom is -0.330 e.